The number of carbonyl (C=O) groups excluding carboxylic acids is 1. The topological polar surface area (TPSA) is 55.8 Å². The zero-order chi connectivity index (χ0) is 20.7. The summed E-state index contributed by atoms with van der Waals surface area (Å²) in [6.07, 6.45) is 3.10. The number of rotatable bonds is 3. The van der Waals surface area contributed by atoms with Gasteiger partial charge in [-0.25, -0.2) is 0 Å². The summed E-state index contributed by atoms with van der Waals surface area (Å²) in [5, 5.41) is 14.7. The lowest BCUT2D eigenvalue weighted by Gasteiger charge is -2.44. The standard InChI is InChI=1S/C24H28ClN3O2/c25-19-9-8-17-6-7-18(22(29)21(17)14-19)15-27-12-10-24(11-13-27)23(30)26-16-28(24)20-4-2-1-3-5-20/h1-5,8-9,14,18,22,29H,6-7,10-13,15-16H2,(H,26,30)/t18-,22-/m0/s1. The molecule has 0 aromatic heterocycles. The van der Waals surface area contributed by atoms with Crippen LogP contribution in [-0.4, -0.2) is 47.8 Å². The van der Waals surface area contributed by atoms with Gasteiger partial charge >= 0.3 is 0 Å². The first-order valence-electron chi connectivity index (χ1n) is 10.9. The molecule has 0 bridgehead atoms. The van der Waals surface area contributed by atoms with Gasteiger partial charge < -0.3 is 20.2 Å². The molecule has 2 aromatic rings. The van der Waals surface area contributed by atoms with E-state index < -0.39 is 11.6 Å². The third-order valence-electron chi connectivity index (χ3n) is 7.24. The lowest BCUT2D eigenvalue weighted by atomic mass is 9.80. The number of anilines is 1. The number of aliphatic hydroxyl groups is 1. The molecule has 5 rings (SSSR count). The highest BCUT2D eigenvalue weighted by atomic mass is 35.5. The quantitative estimate of drug-likeness (QED) is 0.791. The number of aryl methyl sites for hydroxylation is 1. The summed E-state index contributed by atoms with van der Waals surface area (Å²) in [7, 11) is 0. The number of nitrogens with zero attached hydrogens (tertiary/aromatic N) is 2. The van der Waals surface area contributed by atoms with Gasteiger partial charge in [0.2, 0.25) is 5.91 Å². The van der Waals surface area contributed by atoms with Crippen molar-refractivity contribution in [1.29, 1.82) is 0 Å². The van der Waals surface area contributed by atoms with Crippen LogP contribution in [0.1, 0.15) is 36.5 Å². The van der Waals surface area contributed by atoms with Gasteiger partial charge in [0.1, 0.15) is 5.54 Å². The number of para-hydroxylation sites is 1. The van der Waals surface area contributed by atoms with Gasteiger partial charge in [-0.3, -0.25) is 4.79 Å². The number of piperidine rings is 1. The maximum absolute atomic E-state index is 12.8. The molecule has 1 aliphatic carbocycles. The lowest BCUT2D eigenvalue weighted by Crippen LogP contribution is -2.57. The zero-order valence-corrected chi connectivity index (χ0v) is 17.8. The number of benzene rings is 2. The van der Waals surface area contributed by atoms with Gasteiger partial charge in [-0.2, -0.15) is 0 Å². The monoisotopic (exact) mass is 425 g/mol. The first-order valence-corrected chi connectivity index (χ1v) is 11.2. The zero-order valence-electron chi connectivity index (χ0n) is 17.1. The molecule has 1 spiro atoms. The van der Waals surface area contributed by atoms with Gasteiger partial charge in [-0.05, 0) is 61.1 Å². The van der Waals surface area contributed by atoms with Crippen molar-refractivity contribution in [2.75, 3.05) is 31.2 Å². The molecule has 2 saturated heterocycles. The van der Waals surface area contributed by atoms with Crippen LogP contribution in [-0.2, 0) is 11.2 Å². The number of carbonyl (C=O) groups is 1. The first kappa shape index (κ1) is 19.9. The summed E-state index contributed by atoms with van der Waals surface area (Å²) in [4.78, 5) is 17.5. The molecule has 0 unspecified atom stereocenters. The lowest BCUT2D eigenvalue weighted by molar-refractivity contribution is -0.125. The maximum Gasteiger partial charge on any atom is 0.247 e. The summed E-state index contributed by atoms with van der Waals surface area (Å²) >= 11 is 6.16. The van der Waals surface area contributed by atoms with Crippen molar-refractivity contribution in [2.24, 2.45) is 5.92 Å². The molecule has 3 aliphatic rings. The van der Waals surface area contributed by atoms with E-state index in [1.54, 1.807) is 0 Å². The van der Waals surface area contributed by atoms with E-state index in [1.807, 2.05) is 36.4 Å². The predicted octanol–water partition coefficient (Wildman–Crippen LogP) is 3.36. The van der Waals surface area contributed by atoms with E-state index in [-0.39, 0.29) is 11.8 Å². The molecule has 0 saturated carbocycles. The number of nitrogens with one attached hydrogen (secondary N) is 1. The van der Waals surface area contributed by atoms with Gasteiger partial charge in [-0.15, -0.1) is 0 Å². The van der Waals surface area contributed by atoms with E-state index in [0.717, 1.165) is 56.6 Å². The highest BCUT2D eigenvalue weighted by molar-refractivity contribution is 6.30. The summed E-state index contributed by atoms with van der Waals surface area (Å²) in [5.74, 6) is 0.347. The molecule has 2 aliphatic heterocycles. The molecule has 6 heteroatoms. The summed E-state index contributed by atoms with van der Waals surface area (Å²) in [5.41, 5.74) is 2.84. The van der Waals surface area contributed by atoms with Crippen LogP contribution in [0.5, 0.6) is 0 Å². The second kappa shape index (κ2) is 7.88. The van der Waals surface area contributed by atoms with Crippen molar-refractivity contribution in [2.45, 2.75) is 37.3 Å². The van der Waals surface area contributed by atoms with Gasteiger partial charge in [0.25, 0.3) is 0 Å². The molecule has 2 N–H and O–H groups in total. The third kappa shape index (κ3) is 3.39. The third-order valence-corrected chi connectivity index (χ3v) is 7.47. The normalized spacial score (nSPS) is 25.9. The van der Waals surface area contributed by atoms with E-state index in [1.165, 1.54) is 5.56 Å². The van der Waals surface area contributed by atoms with Crippen molar-refractivity contribution in [3.05, 3.63) is 64.7 Å². The van der Waals surface area contributed by atoms with Crippen LogP contribution in [0.3, 0.4) is 0 Å². The van der Waals surface area contributed by atoms with Crippen LogP contribution in [0, 0.1) is 5.92 Å². The fourth-order valence-electron chi connectivity index (χ4n) is 5.48. The molecule has 2 heterocycles. The van der Waals surface area contributed by atoms with Crippen molar-refractivity contribution in [3.63, 3.8) is 0 Å². The number of amides is 1. The molecule has 2 atom stereocenters. The molecule has 0 radical (unpaired) electrons. The van der Waals surface area contributed by atoms with Crippen molar-refractivity contribution in [3.8, 4) is 0 Å². The Balaban J connectivity index is 1.27. The van der Waals surface area contributed by atoms with E-state index in [0.29, 0.717) is 11.7 Å². The van der Waals surface area contributed by atoms with Crippen molar-refractivity contribution >= 4 is 23.2 Å². The van der Waals surface area contributed by atoms with E-state index in [2.05, 4.69) is 27.2 Å². The predicted molar refractivity (Wildman–Crippen MR) is 119 cm³/mol. The second-order valence-electron chi connectivity index (χ2n) is 8.85. The van der Waals surface area contributed by atoms with Crippen LogP contribution >= 0.6 is 11.6 Å². The molecule has 30 heavy (non-hydrogen) atoms. The highest BCUT2D eigenvalue weighted by Gasteiger charge is 2.50. The first-order chi connectivity index (χ1) is 14.6. The number of halogens is 1. The summed E-state index contributed by atoms with van der Waals surface area (Å²) in [6, 6.07) is 16.1. The Morgan fingerprint density at radius 2 is 1.90 bits per heavy atom. The summed E-state index contributed by atoms with van der Waals surface area (Å²) in [6.45, 7) is 3.16. The Morgan fingerprint density at radius 1 is 1.13 bits per heavy atom. The van der Waals surface area contributed by atoms with Crippen molar-refractivity contribution in [1.82, 2.24) is 10.2 Å². The number of fused-ring (bicyclic) bond motifs is 1. The number of aliphatic hydroxyl groups excluding tert-OH is 1. The van der Waals surface area contributed by atoms with Gasteiger partial charge in [-0.1, -0.05) is 35.9 Å². The second-order valence-corrected chi connectivity index (χ2v) is 9.28. The van der Waals surface area contributed by atoms with Crippen LogP contribution < -0.4 is 10.2 Å². The molecular formula is C24H28ClN3O2. The molecule has 2 aromatic carbocycles. The van der Waals surface area contributed by atoms with Gasteiger partial charge in [0.05, 0.1) is 12.8 Å². The molecule has 158 valence electrons. The van der Waals surface area contributed by atoms with Crippen LogP contribution in [0.2, 0.25) is 5.02 Å². The van der Waals surface area contributed by atoms with Gasteiger partial charge in [0.15, 0.2) is 0 Å². The Morgan fingerprint density at radius 3 is 2.67 bits per heavy atom. The van der Waals surface area contributed by atoms with Crippen LogP contribution in [0.4, 0.5) is 5.69 Å². The van der Waals surface area contributed by atoms with Crippen LogP contribution in [0.25, 0.3) is 0 Å². The minimum Gasteiger partial charge on any atom is -0.388 e. The fourth-order valence-corrected chi connectivity index (χ4v) is 5.66. The largest absolute Gasteiger partial charge is 0.388 e. The maximum atomic E-state index is 12.8. The SMILES string of the molecule is O=C1NCN(c2ccccc2)C12CCN(C[C@@H]1CCc3ccc(Cl)cc3[C@H]1O)CC2. The van der Waals surface area contributed by atoms with Crippen molar-refractivity contribution < 1.29 is 9.90 Å². The Kier molecular flexibility index (Phi) is 5.21. The Bertz CT molecular complexity index is 927. The summed E-state index contributed by atoms with van der Waals surface area (Å²) < 4.78 is 0. The molecular weight excluding hydrogens is 398 g/mol. The van der Waals surface area contributed by atoms with E-state index >= 15 is 0 Å². The molecule has 2 fully saturated rings. The molecule has 1 amide bonds. The fraction of sp³-hybridized carbons (Fsp3) is 0.458. The number of likely N-dealkylation sites (tertiary alicyclic amines) is 1. The smallest absolute Gasteiger partial charge is 0.247 e. The highest BCUT2D eigenvalue weighted by Crippen LogP contribution is 2.39. The van der Waals surface area contributed by atoms with Gasteiger partial charge in [0, 0.05) is 36.3 Å². The van der Waals surface area contributed by atoms with Crippen LogP contribution in [0.15, 0.2) is 48.5 Å². The Labute approximate surface area is 182 Å². The van der Waals surface area contributed by atoms with E-state index in [9.17, 15) is 9.90 Å². The Hall–Kier alpha value is -2.08. The van der Waals surface area contributed by atoms with E-state index in [4.69, 9.17) is 11.6 Å². The average Bonchev–Trinajstić information content (AvgIpc) is 3.08. The number of hydrogen-bond donors (Lipinski definition) is 2. The average molecular weight is 426 g/mol. The minimum atomic E-state index is -0.473. The number of hydrogen-bond acceptors (Lipinski definition) is 4. The minimum absolute atomic E-state index is 0.146. The molecule has 5 nitrogen and oxygen atoms in total.